The number of rotatable bonds is 3. The highest BCUT2D eigenvalue weighted by molar-refractivity contribution is 7.12. The van der Waals surface area contributed by atoms with Crippen LogP contribution in [0.15, 0.2) is 41.5 Å². The van der Waals surface area contributed by atoms with E-state index in [4.69, 9.17) is 0 Å². The Morgan fingerprint density at radius 1 is 1.17 bits per heavy atom. The van der Waals surface area contributed by atoms with Gasteiger partial charge in [0.2, 0.25) is 0 Å². The molecule has 1 N–H and O–H groups in total. The summed E-state index contributed by atoms with van der Waals surface area (Å²) >= 11 is 0.920. The molecule has 1 heterocycles. The molecule has 0 aliphatic rings. The summed E-state index contributed by atoms with van der Waals surface area (Å²) in [4.78, 5) is 12.1. The van der Waals surface area contributed by atoms with Gasteiger partial charge in [-0.3, -0.25) is 4.79 Å². The maximum Gasteiger partial charge on any atom is 0.271 e. The van der Waals surface area contributed by atoms with Gasteiger partial charge in [-0.1, -0.05) is 0 Å². The van der Waals surface area contributed by atoms with E-state index in [9.17, 15) is 13.6 Å². The normalized spacial score (nSPS) is 10.8. The van der Waals surface area contributed by atoms with Gasteiger partial charge in [-0.15, -0.1) is 11.3 Å². The van der Waals surface area contributed by atoms with Crippen molar-refractivity contribution in [3.05, 3.63) is 57.8 Å². The van der Waals surface area contributed by atoms with Gasteiger partial charge in [0.05, 0.1) is 11.1 Å². The van der Waals surface area contributed by atoms with Gasteiger partial charge in [0, 0.05) is 5.56 Å². The summed E-state index contributed by atoms with van der Waals surface area (Å²) < 4.78 is 25.3. The lowest BCUT2D eigenvalue weighted by Gasteiger charge is -1.98. The van der Waals surface area contributed by atoms with Crippen molar-refractivity contribution in [3.63, 3.8) is 0 Å². The average molecular weight is 266 g/mol. The quantitative estimate of drug-likeness (QED) is 0.673. The number of halogens is 2. The molecule has 1 aromatic carbocycles. The molecular weight excluding hydrogens is 258 g/mol. The lowest BCUT2D eigenvalue weighted by Crippen LogP contribution is -2.17. The molecule has 0 aliphatic heterocycles. The molecule has 0 bridgehead atoms. The number of carbonyl (C=O) groups is 1. The van der Waals surface area contributed by atoms with Crippen molar-refractivity contribution in [2.45, 2.75) is 0 Å². The molecule has 0 fully saturated rings. The van der Waals surface area contributed by atoms with Gasteiger partial charge in [-0.05, 0) is 36.4 Å². The number of carbonyl (C=O) groups excluding carboxylic acids is 1. The van der Waals surface area contributed by atoms with E-state index in [1.54, 1.807) is 6.07 Å². The first-order chi connectivity index (χ1) is 8.65. The fourth-order valence-corrected chi connectivity index (χ4v) is 1.82. The largest absolute Gasteiger partial charge is 0.271 e. The van der Waals surface area contributed by atoms with Crippen molar-refractivity contribution < 1.29 is 13.6 Å². The summed E-state index contributed by atoms with van der Waals surface area (Å²) in [6, 6.07) is 7.94. The smallest absolute Gasteiger partial charge is 0.267 e. The minimum absolute atomic E-state index is 0.297. The topological polar surface area (TPSA) is 41.5 Å². The van der Waals surface area contributed by atoms with Crippen molar-refractivity contribution in [2.24, 2.45) is 5.10 Å². The number of nitrogens with one attached hydrogen (secondary N) is 1. The summed E-state index contributed by atoms with van der Waals surface area (Å²) in [6.07, 6.45) is 1.34. The van der Waals surface area contributed by atoms with Crippen molar-refractivity contribution >= 4 is 23.5 Å². The second kappa shape index (κ2) is 5.50. The Bertz CT molecular complexity index is 578. The zero-order valence-electron chi connectivity index (χ0n) is 9.06. The summed E-state index contributed by atoms with van der Waals surface area (Å²) in [6.45, 7) is 0. The molecule has 0 atom stereocenters. The molecule has 0 spiro atoms. The van der Waals surface area contributed by atoms with Crippen LogP contribution in [-0.2, 0) is 0 Å². The highest BCUT2D eigenvalue weighted by Crippen LogP contribution is 2.11. The van der Waals surface area contributed by atoms with Crippen LogP contribution < -0.4 is 5.43 Å². The third-order valence-electron chi connectivity index (χ3n) is 2.06. The maximum atomic E-state index is 12.6. The van der Waals surface area contributed by atoms with Crippen molar-refractivity contribution in [2.75, 3.05) is 0 Å². The predicted octanol–water partition coefficient (Wildman–Crippen LogP) is 2.79. The van der Waals surface area contributed by atoms with Crippen LogP contribution in [-0.4, -0.2) is 12.1 Å². The molecule has 0 radical (unpaired) electrons. The fraction of sp³-hybridized carbons (Fsp3) is 0. The Balaban J connectivity index is 1.96. The number of hydrogen-bond donors (Lipinski definition) is 1. The van der Waals surface area contributed by atoms with E-state index in [2.05, 4.69) is 10.5 Å². The van der Waals surface area contributed by atoms with Crippen LogP contribution in [0.2, 0.25) is 0 Å². The molecular formula is C12H8F2N2OS. The van der Waals surface area contributed by atoms with Gasteiger partial charge in [0.25, 0.3) is 5.91 Å². The Morgan fingerprint density at radius 2 is 1.89 bits per heavy atom. The van der Waals surface area contributed by atoms with Crippen LogP contribution in [0.1, 0.15) is 15.2 Å². The molecule has 18 heavy (non-hydrogen) atoms. The molecule has 1 aromatic heterocycles. The van der Waals surface area contributed by atoms with E-state index in [0.717, 1.165) is 11.3 Å². The Kier molecular flexibility index (Phi) is 3.78. The van der Waals surface area contributed by atoms with Gasteiger partial charge in [-0.25, -0.2) is 9.82 Å². The zero-order valence-corrected chi connectivity index (χ0v) is 9.88. The van der Waals surface area contributed by atoms with Crippen LogP contribution in [0.4, 0.5) is 8.78 Å². The second-order valence-electron chi connectivity index (χ2n) is 3.35. The molecule has 92 valence electrons. The zero-order chi connectivity index (χ0) is 13.0. The van der Waals surface area contributed by atoms with Gasteiger partial charge in [0.15, 0.2) is 5.13 Å². The molecule has 0 saturated heterocycles. The standard InChI is InChI=1S/C12H8F2N2OS/c13-9-3-1-8(2-4-9)12(17)16-15-7-10-5-6-11(14)18-10/h1-7H,(H,16,17). The van der Waals surface area contributed by atoms with Gasteiger partial charge in [-0.2, -0.15) is 9.49 Å². The lowest BCUT2D eigenvalue weighted by atomic mass is 10.2. The first kappa shape index (κ1) is 12.4. The van der Waals surface area contributed by atoms with Gasteiger partial charge in [0.1, 0.15) is 5.82 Å². The fourth-order valence-electron chi connectivity index (χ4n) is 1.22. The molecule has 1 amide bonds. The summed E-state index contributed by atoms with van der Waals surface area (Å²) in [5.41, 5.74) is 2.57. The Labute approximate surface area is 106 Å². The summed E-state index contributed by atoms with van der Waals surface area (Å²) in [5, 5.41) is 3.36. The molecule has 0 saturated carbocycles. The number of nitrogens with zero attached hydrogens (tertiary/aromatic N) is 1. The van der Waals surface area contributed by atoms with Crippen LogP contribution in [0.25, 0.3) is 0 Å². The van der Waals surface area contributed by atoms with Crippen LogP contribution in [0.3, 0.4) is 0 Å². The maximum absolute atomic E-state index is 12.6. The van der Waals surface area contributed by atoms with Crippen molar-refractivity contribution in [1.29, 1.82) is 0 Å². The summed E-state index contributed by atoms with van der Waals surface area (Å²) in [5.74, 6) is -0.868. The SMILES string of the molecule is O=C(NN=Cc1ccc(F)s1)c1ccc(F)cc1. The Morgan fingerprint density at radius 3 is 2.50 bits per heavy atom. The molecule has 2 aromatic rings. The molecule has 0 unspecified atom stereocenters. The van der Waals surface area contributed by atoms with E-state index in [0.29, 0.717) is 10.4 Å². The third-order valence-corrected chi connectivity index (χ3v) is 2.87. The van der Waals surface area contributed by atoms with E-state index in [1.165, 1.54) is 36.5 Å². The van der Waals surface area contributed by atoms with Gasteiger partial charge >= 0.3 is 0 Å². The minimum Gasteiger partial charge on any atom is -0.267 e. The first-order valence-corrected chi connectivity index (χ1v) is 5.81. The van der Waals surface area contributed by atoms with Crippen LogP contribution in [0.5, 0.6) is 0 Å². The average Bonchev–Trinajstić information content (AvgIpc) is 2.76. The Hall–Kier alpha value is -2.08. The van der Waals surface area contributed by atoms with E-state index < -0.39 is 11.7 Å². The number of hydrogen-bond acceptors (Lipinski definition) is 3. The van der Waals surface area contributed by atoms with Crippen LogP contribution in [0, 0.1) is 10.9 Å². The van der Waals surface area contributed by atoms with E-state index in [1.807, 2.05) is 0 Å². The van der Waals surface area contributed by atoms with Crippen molar-refractivity contribution in [3.8, 4) is 0 Å². The van der Waals surface area contributed by atoms with E-state index >= 15 is 0 Å². The number of benzene rings is 1. The van der Waals surface area contributed by atoms with Crippen LogP contribution >= 0.6 is 11.3 Å². The monoisotopic (exact) mass is 266 g/mol. The van der Waals surface area contributed by atoms with Gasteiger partial charge < -0.3 is 0 Å². The predicted molar refractivity (Wildman–Crippen MR) is 65.7 cm³/mol. The molecule has 3 nitrogen and oxygen atoms in total. The molecule has 0 aliphatic carbocycles. The van der Waals surface area contributed by atoms with Crippen molar-refractivity contribution in [1.82, 2.24) is 5.43 Å². The minimum atomic E-state index is -0.455. The third kappa shape index (κ3) is 3.21. The number of hydrazone groups is 1. The first-order valence-electron chi connectivity index (χ1n) is 4.99. The van der Waals surface area contributed by atoms with E-state index in [-0.39, 0.29) is 5.13 Å². The molecule has 6 heteroatoms. The number of thiophene rings is 1. The number of amides is 1. The lowest BCUT2D eigenvalue weighted by molar-refractivity contribution is 0.0955. The highest BCUT2D eigenvalue weighted by atomic mass is 32.1. The summed E-state index contributed by atoms with van der Waals surface area (Å²) in [7, 11) is 0. The highest BCUT2D eigenvalue weighted by Gasteiger charge is 2.03. The second-order valence-corrected chi connectivity index (χ2v) is 4.41. The molecule has 2 rings (SSSR count).